The van der Waals surface area contributed by atoms with Crippen molar-refractivity contribution >= 4 is 29.1 Å². The summed E-state index contributed by atoms with van der Waals surface area (Å²) in [5, 5.41) is 1.03. The maximum absolute atomic E-state index is 12.4. The molecule has 1 unspecified atom stereocenters. The van der Waals surface area contributed by atoms with Gasteiger partial charge in [0.15, 0.2) is 0 Å². The molecule has 1 fully saturated rings. The van der Waals surface area contributed by atoms with Crippen molar-refractivity contribution in [2.75, 3.05) is 13.1 Å². The molecule has 0 N–H and O–H groups in total. The molecule has 1 amide bonds. The number of pyridine rings is 1. The predicted molar refractivity (Wildman–Crippen MR) is 85.6 cm³/mol. The molecule has 2 heterocycles. The first kappa shape index (κ1) is 15.1. The summed E-state index contributed by atoms with van der Waals surface area (Å²) in [6.07, 6.45) is 3.87. The number of rotatable bonds is 3. The smallest absolute Gasteiger partial charge is 0.254 e. The van der Waals surface area contributed by atoms with Gasteiger partial charge in [-0.2, -0.15) is 0 Å². The van der Waals surface area contributed by atoms with Crippen LogP contribution < -0.4 is 4.74 Å². The molecule has 0 aliphatic carbocycles. The Kier molecular flexibility index (Phi) is 4.50. The van der Waals surface area contributed by atoms with Gasteiger partial charge in [-0.15, -0.1) is 0 Å². The molecular formula is C16H14Cl2N2O2. The van der Waals surface area contributed by atoms with Crippen molar-refractivity contribution in [3.05, 3.63) is 58.3 Å². The molecule has 22 heavy (non-hydrogen) atoms. The average Bonchev–Trinajstić information content (AvgIpc) is 2.97. The molecule has 114 valence electrons. The maximum atomic E-state index is 12.4. The molecule has 6 heteroatoms. The lowest BCUT2D eigenvalue weighted by Gasteiger charge is -2.17. The van der Waals surface area contributed by atoms with Gasteiger partial charge in [0.1, 0.15) is 16.9 Å². The summed E-state index contributed by atoms with van der Waals surface area (Å²) < 4.78 is 5.85. The number of carbonyl (C=O) groups is 1. The van der Waals surface area contributed by atoms with E-state index in [1.807, 2.05) is 0 Å². The number of hydrogen-bond acceptors (Lipinski definition) is 3. The van der Waals surface area contributed by atoms with E-state index in [1.54, 1.807) is 47.6 Å². The minimum atomic E-state index is -0.0666. The van der Waals surface area contributed by atoms with Gasteiger partial charge in [0, 0.05) is 42.0 Å². The van der Waals surface area contributed by atoms with Crippen LogP contribution in [0.3, 0.4) is 0 Å². The van der Waals surface area contributed by atoms with Crippen LogP contribution in [-0.2, 0) is 0 Å². The van der Waals surface area contributed by atoms with Gasteiger partial charge in [0.25, 0.3) is 5.91 Å². The van der Waals surface area contributed by atoms with Gasteiger partial charge in [0.2, 0.25) is 0 Å². The van der Waals surface area contributed by atoms with Crippen LogP contribution in [0.1, 0.15) is 16.8 Å². The zero-order valence-corrected chi connectivity index (χ0v) is 13.2. The monoisotopic (exact) mass is 336 g/mol. The maximum Gasteiger partial charge on any atom is 0.254 e. The van der Waals surface area contributed by atoms with Gasteiger partial charge in [0.05, 0.1) is 6.54 Å². The highest BCUT2D eigenvalue weighted by molar-refractivity contribution is 6.32. The molecular weight excluding hydrogens is 323 g/mol. The van der Waals surface area contributed by atoms with E-state index in [9.17, 15) is 4.79 Å². The predicted octanol–water partition coefficient (Wildman–Crippen LogP) is 3.68. The van der Waals surface area contributed by atoms with E-state index in [0.717, 1.165) is 6.42 Å². The second-order valence-electron chi connectivity index (χ2n) is 5.10. The van der Waals surface area contributed by atoms with Crippen molar-refractivity contribution < 1.29 is 9.53 Å². The van der Waals surface area contributed by atoms with Crippen LogP contribution in [0.4, 0.5) is 0 Å². The topological polar surface area (TPSA) is 42.4 Å². The molecule has 0 spiro atoms. The Labute approximate surface area is 138 Å². The third-order valence-electron chi connectivity index (χ3n) is 3.53. The Bertz CT molecular complexity index is 693. The number of aromatic nitrogens is 1. The molecule has 2 aromatic rings. The first-order valence-electron chi connectivity index (χ1n) is 6.94. The van der Waals surface area contributed by atoms with Gasteiger partial charge < -0.3 is 9.64 Å². The van der Waals surface area contributed by atoms with E-state index in [-0.39, 0.29) is 12.0 Å². The second kappa shape index (κ2) is 6.55. The number of ether oxygens (including phenoxy) is 1. The molecule has 4 nitrogen and oxygen atoms in total. The van der Waals surface area contributed by atoms with Crippen molar-refractivity contribution in [3.8, 4) is 5.75 Å². The van der Waals surface area contributed by atoms with E-state index >= 15 is 0 Å². The summed E-state index contributed by atoms with van der Waals surface area (Å²) in [6, 6.07) is 8.69. The van der Waals surface area contributed by atoms with Crippen LogP contribution in [0.2, 0.25) is 10.0 Å². The molecule has 1 aliphatic rings. The Morgan fingerprint density at radius 3 is 2.95 bits per heavy atom. The first-order chi connectivity index (χ1) is 10.6. The summed E-state index contributed by atoms with van der Waals surface area (Å²) in [6.45, 7) is 1.18. The normalized spacial score (nSPS) is 17.5. The van der Waals surface area contributed by atoms with Crippen LogP contribution >= 0.6 is 23.2 Å². The lowest BCUT2D eigenvalue weighted by molar-refractivity contribution is 0.0772. The van der Waals surface area contributed by atoms with Gasteiger partial charge in [-0.05, 0) is 18.2 Å². The molecule has 3 rings (SSSR count). The molecule has 1 aromatic heterocycles. The zero-order chi connectivity index (χ0) is 15.5. The number of carbonyl (C=O) groups excluding carboxylic acids is 1. The highest BCUT2D eigenvalue weighted by Gasteiger charge is 2.28. The van der Waals surface area contributed by atoms with Gasteiger partial charge in [-0.3, -0.25) is 9.78 Å². The highest BCUT2D eigenvalue weighted by Crippen LogP contribution is 2.26. The number of halogens is 2. The molecule has 1 saturated heterocycles. The van der Waals surface area contributed by atoms with E-state index in [4.69, 9.17) is 27.9 Å². The van der Waals surface area contributed by atoms with Crippen molar-refractivity contribution in [1.29, 1.82) is 0 Å². The lowest BCUT2D eigenvalue weighted by Crippen LogP contribution is -2.30. The third-order valence-corrected chi connectivity index (χ3v) is 4.05. The summed E-state index contributed by atoms with van der Waals surface area (Å²) in [4.78, 5) is 18.1. The van der Waals surface area contributed by atoms with E-state index in [2.05, 4.69) is 4.98 Å². The third kappa shape index (κ3) is 3.34. The quantitative estimate of drug-likeness (QED) is 0.858. The zero-order valence-electron chi connectivity index (χ0n) is 11.7. The number of likely N-dealkylation sites (tertiary alicyclic amines) is 1. The largest absolute Gasteiger partial charge is 0.487 e. The van der Waals surface area contributed by atoms with E-state index < -0.39 is 0 Å². The van der Waals surface area contributed by atoms with Crippen molar-refractivity contribution in [2.24, 2.45) is 0 Å². The van der Waals surface area contributed by atoms with Crippen LogP contribution in [0.5, 0.6) is 5.75 Å². The number of benzene rings is 1. The molecule has 0 bridgehead atoms. The first-order valence-corrected chi connectivity index (χ1v) is 7.70. The van der Waals surface area contributed by atoms with Crippen LogP contribution in [0.25, 0.3) is 0 Å². The Morgan fingerprint density at radius 2 is 2.18 bits per heavy atom. The lowest BCUT2D eigenvalue weighted by atomic mass is 10.2. The van der Waals surface area contributed by atoms with Crippen molar-refractivity contribution in [1.82, 2.24) is 9.88 Å². The summed E-state index contributed by atoms with van der Waals surface area (Å²) in [5.41, 5.74) is 0.593. The van der Waals surface area contributed by atoms with Crippen LogP contribution in [-0.4, -0.2) is 35.0 Å². The fraction of sp³-hybridized carbons (Fsp3) is 0.250. The van der Waals surface area contributed by atoms with Gasteiger partial charge in [-0.1, -0.05) is 29.3 Å². The van der Waals surface area contributed by atoms with Crippen LogP contribution in [0, 0.1) is 0 Å². The standard InChI is InChI=1S/C16H14Cl2N2O2/c17-12-3-1-2-11(8-12)16(21)20-7-5-13(10-20)22-15-4-6-19-9-14(15)18/h1-4,6,8-9,13H,5,7,10H2. The molecule has 0 radical (unpaired) electrons. The van der Waals surface area contributed by atoms with Gasteiger partial charge in [-0.25, -0.2) is 0 Å². The van der Waals surface area contributed by atoms with E-state index in [1.165, 1.54) is 0 Å². The Balaban J connectivity index is 1.65. The van der Waals surface area contributed by atoms with Gasteiger partial charge >= 0.3 is 0 Å². The fourth-order valence-electron chi connectivity index (χ4n) is 2.45. The molecule has 1 aromatic carbocycles. The highest BCUT2D eigenvalue weighted by atomic mass is 35.5. The Hall–Kier alpha value is -1.78. The number of amides is 1. The summed E-state index contributed by atoms with van der Waals surface area (Å²) in [7, 11) is 0. The number of nitrogens with zero attached hydrogens (tertiary/aromatic N) is 2. The second-order valence-corrected chi connectivity index (χ2v) is 5.94. The summed E-state index contributed by atoms with van der Waals surface area (Å²) in [5.74, 6) is 0.563. The van der Waals surface area contributed by atoms with Crippen molar-refractivity contribution in [3.63, 3.8) is 0 Å². The minimum Gasteiger partial charge on any atom is -0.487 e. The van der Waals surface area contributed by atoms with E-state index in [0.29, 0.717) is 34.4 Å². The molecule has 0 saturated carbocycles. The van der Waals surface area contributed by atoms with Crippen molar-refractivity contribution in [2.45, 2.75) is 12.5 Å². The average molecular weight is 337 g/mol. The molecule has 1 atom stereocenters. The fourth-order valence-corrected chi connectivity index (χ4v) is 2.80. The summed E-state index contributed by atoms with van der Waals surface area (Å²) >= 11 is 12.0. The number of hydrogen-bond donors (Lipinski definition) is 0. The Morgan fingerprint density at radius 1 is 1.32 bits per heavy atom. The minimum absolute atomic E-state index is 0.0329. The SMILES string of the molecule is O=C(c1cccc(Cl)c1)N1CCC(Oc2ccncc2Cl)C1. The van der Waals surface area contributed by atoms with Crippen LogP contribution in [0.15, 0.2) is 42.7 Å². The molecule has 1 aliphatic heterocycles.